The van der Waals surface area contributed by atoms with Crippen LogP contribution in [0.3, 0.4) is 0 Å². The minimum Gasteiger partial charge on any atom is -0.508 e. The van der Waals surface area contributed by atoms with Crippen LogP contribution in [0, 0.1) is 0 Å². The summed E-state index contributed by atoms with van der Waals surface area (Å²) in [5.41, 5.74) is 5.29. The van der Waals surface area contributed by atoms with E-state index in [1.165, 1.54) is 0 Å². The van der Waals surface area contributed by atoms with E-state index in [1.54, 1.807) is 30.3 Å². The number of hydrogen-bond donors (Lipinski definition) is 2. The number of phenols is 2. The fourth-order valence-electron chi connectivity index (χ4n) is 3.40. The van der Waals surface area contributed by atoms with E-state index >= 15 is 0 Å². The lowest BCUT2D eigenvalue weighted by molar-refractivity contribution is 0.475. The third kappa shape index (κ3) is 3.82. The molecule has 29 heavy (non-hydrogen) atoms. The van der Waals surface area contributed by atoms with Gasteiger partial charge in [0.25, 0.3) is 0 Å². The van der Waals surface area contributed by atoms with E-state index in [0.29, 0.717) is 10.0 Å². The molecule has 0 unspecified atom stereocenters. The van der Waals surface area contributed by atoms with Crippen molar-refractivity contribution in [3.05, 3.63) is 82.3 Å². The number of phenolic OH excluding ortho intramolecular Hbond substituents is 2. The fourth-order valence-corrected chi connectivity index (χ4v) is 3.92. The highest BCUT2D eigenvalue weighted by Gasteiger charge is 2.21. The molecular weight excluding hydrogens is 407 g/mol. The lowest BCUT2D eigenvalue weighted by Gasteiger charge is -2.11. The van der Waals surface area contributed by atoms with Crippen LogP contribution in [0.5, 0.6) is 11.5 Å². The second-order valence-electron chi connectivity index (χ2n) is 6.66. The van der Waals surface area contributed by atoms with Gasteiger partial charge in [-0.3, -0.25) is 0 Å². The van der Waals surface area contributed by atoms with Crippen molar-refractivity contribution in [3.8, 4) is 39.7 Å². The summed E-state index contributed by atoms with van der Waals surface area (Å²) in [6.45, 7) is 2.07. The molecule has 4 rings (SSSR count). The second-order valence-corrected chi connectivity index (χ2v) is 7.54. The summed E-state index contributed by atoms with van der Waals surface area (Å²) < 4.78 is 1.82. The molecule has 0 aliphatic rings. The molecule has 1 heterocycles. The van der Waals surface area contributed by atoms with Gasteiger partial charge in [-0.2, -0.15) is 5.10 Å². The highest BCUT2D eigenvalue weighted by atomic mass is 35.5. The molecule has 0 aliphatic heterocycles. The first-order valence-electron chi connectivity index (χ1n) is 9.13. The number of nitrogens with zero attached hydrogens (tertiary/aromatic N) is 2. The Morgan fingerprint density at radius 3 is 1.83 bits per heavy atom. The Morgan fingerprint density at radius 2 is 1.31 bits per heavy atom. The predicted molar refractivity (Wildman–Crippen MR) is 117 cm³/mol. The zero-order valence-electron chi connectivity index (χ0n) is 15.6. The van der Waals surface area contributed by atoms with Crippen molar-refractivity contribution in [1.29, 1.82) is 0 Å². The minimum atomic E-state index is 0.197. The fraction of sp³-hybridized carbons (Fsp3) is 0.0870. The van der Waals surface area contributed by atoms with Crippen molar-refractivity contribution >= 4 is 23.2 Å². The first kappa shape index (κ1) is 19.4. The van der Waals surface area contributed by atoms with Gasteiger partial charge in [0.1, 0.15) is 11.5 Å². The van der Waals surface area contributed by atoms with Crippen LogP contribution in [-0.4, -0.2) is 20.0 Å². The van der Waals surface area contributed by atoms with Gasteiger partial charge in [0.15, 0.2) is 0 Å². The second kappa shape index (κ2) is 7.82. The van der Waals surface area contributed by atoms with Gasteiger partial charge in [0.05, 0.1) is 17.1 Å². The van der Waals surface area contributed by atoms with Crippen molar-refractivity contribution in [2.45, 2.75) is 13.3 Å². The quantitative estimate of drug-likeness (QED) is 0.393. The molecule has 4 aromatic rings. The largest absolute Gasteiger partial charge is 0.508 e. The molecule has 6 heteroatoms. The van der Waals surface area contributed by atoms with E-state index in [4.69, 9.17) is 28.3 Å². The maximum atomic E-state index is 9.72. The number of aromatic nitrogens is 2. The summed E-state index contributed by atoms with van der Waals surface area (Å²) >= 11 is 12.5. The molecule has 146 valence electrons. The Balaban J connectivity index is 2.02. The standard InChI is InChI=1S/C23H18Cl2N2O2/c1-2-21-22(14-3-7-19(28)8-4-14)26-27(18-12-16(24)11-17(25)13-18)23(21)15-5-9-20(29)10-6-15/h3-13,28-29H,2H2,1H3. The van der Waals surface area contributed by atoms with Crippen LogP contribution in [0.2, 0.25) is 10.0 Å². The summed E-state index contributed by atoms with van der Waals surface area (Å²) in [6, 6.07) is 19.3. The lowest BCUT2D eigenvalue weighted by atomic mass is 9.99. The Hall–Kier alpha value is -2.95. The van der Waals surface area contributed by atoms with Gasteiger partial charge in [-0.05, 0) is 73.2 Å². The van der Waals surface area contributed by atoms with Gasteiger partial charge in [0.2, 0.25) is 0 Å². The van der Waals surface area contributed by atoms with E-state index in [9.17, 15) is 10.2 Å². The first-order chi connectivity index (χ1) is 14.0. The highest BCUT2D eigenvalue weighted by Crippen LogP contribution is 2.36. The SMILES string of the molecule is CCc1c(-c2ccc(O)cc2)nn(-c2cc(Cl)cc(Cl)c2)c1-c1ccc(O)cc1. The van der Waals surface area contributed by atoms with Gasteiger partial charge in [-0.1, -0.05) is 30.1 Å². The molecule has 4 nitrogen and oxygen atoms in total. The molecule has 3 aromatic carbocycles. The first-order valence-corrected chi connectivity index (χ1v) is 9.89. The van der Waals surface area contributed by atoms with Crippen LogP contribution < -0.4 is 0 Å². The van der Waals surface area contributed by atoms with Gasteiger partial charge in [0, 0.05) is 26.7 Å². The minimum absolute atomic E-state index is 0.197. The number of halogens is 2. The summed E-state index contributed by atoms with van der Waals surface area (Å²) in [4.78, 5) is 0. The van der Waals surface area contributed by atoms with Crippen LogP contribution in [0.15, 0.2) is 66.7 Å². The molecule has 0 amide bonds. The molecule has 0 aliphatic carbocycles. The van der Waals surface area contributed by atoms with Crippen molar-refractivity contribution < 1.29 is 10.2 Å². The summed E-state index contributed by atoms with van der Waals surface area (Å²) in [6.07, 6.45) is 0.737. The van der Waals surface area contributed by atoms with Crippen molar-refractivity contribution in [1.82, 2.24) is 9.78 Å². The molecule has 0 atom stereocenters. The van der Waals surface area contributed by atoms with Crippen LogP contribution in [-0.2, 0) is 6.42 Å². The Morgan fingerprint density at radius 1 is 0.793 bits per heavy atom. The maximum Gasteiger partial charge on any atom is 0.115 e. The summed E-state index contributed by atoms with van der Waals surface area (Å²) in [5, 5.41) is 25.3. The van der Waals surface area contributed by atoms with Crippen LogP contribution in [0.4, 0.5) is 0 Å². The van der Waals surface area contributed by atoms with Gasteiger partial charge in [-0.25, -0.2) is 4.68 Å². The van der Waals surface area contributed by atoms with Crippen LogP contribution >= 0.6 is 23.2 Å². The molecule has 0 saturated heterocycles. The number of rotatable bonds is 4. The third-order valence-corrected chi connectivity index (χ3v) is 5.15. The Bertz CT molecular complexity index is 1150. The number of aromatic hydroxyl groups is 2. The smallest absolute Gasteiger partial charge is 0.115 e. The molecule has 0 bridgehead atoms. The van der Waals surface area contributed by atoms with E-state index in [1.807, 2.05) is 41.1 Å². The summed E-state index contributed by atoms with van der Waals surface area (Å²) in [5.74, 6) is 0.397. The number of benzene rings is 3. The van der Waals surface area contributed by atoms with Crippen molar-refractivity contribution in [3.63, 3.8) is 0 Å². The van der Waals surface area contributed by atoms with Crippen LogP contribution in [0.1, 0.15) is 12.5 Å². The highest BCUT2D eigenvalue weighted by molar-refractivity contribution is 6.34. The monoisotopic (exact) mass is 424 g/mol. The molecule has 0 spiro atoms. The van der Waals surface area contributed by atoms with Crippen LogP contribution in [0.25, 0.3) is 28.2 Å². The van der Waals surface area contributed by atoms with Gasteiger partial charge >= 0.3 is 0 Å². The average molecular weight is 425 g/mol. The number of hydrogen-bond acceptors (Lipinski definition) is 3. The van der Waals surface area contributed by atoms with E-state index < -0.39 is 0 Å². The molecule has 0 fully saturated rings. The predicted octanol–water partition coefficient (Wildman–Crippen LogP) is 6.49. The molecule has 0 saturated carbocycles. The van der Waals surface area contributed by atoms with Gasteiger partial charge < -0.3 is 10.2 Å². The zero-order chi connectivity index (χ0) is 20.5. The zero-order valence-corrected chi connectivity index (χ0v) is 17.1. The summed E-state index contributed by atoms with van der Waals surface area (Å²) in [7, 11) is 0. The molecule has 1 aromatic heterocycles. The molecular formula is C23H18Cl2N2O2. The topological polar surface area (TPSA) is 58.3 Å². The van der Waals surface area contributed by atoms with Gasteiger partial charge in [-0.15, -0.1) is 0 Å². The van der Waals surface area contributed by atoms with E-state index in [0.717, 1.165) is 40.2 Å². The normalized spacial score (nSPS) is 11.0. The lowest BCUT2D eigenvalue weighted by Crippen LogP contribution is -2.00. The molecule has 2 N–H and O–H groups in total. The van der Waals surface area contributed by atoms with E-state index in [2.05, 4.69) is 6.92 Å². The maximum absolute atomic E-state index is 9.72. The Kier molecular flexibility index (Phi) is 5.22. The van der Waals surface area contributed by atoms with Crippen molar-refractivity contribution in [2.75, 3.05) is 0 Å². The third-order valence-electron chi connectivity index (χ3n) is 4.71. The Labute approximate surface area is 178 Å². The average Bonchev–Trinajstić information content (AvgIpc) is 3.08. The van der Waals surface area contributed by atoms with Crippen molar-refractivity contribution in [2.24, 2.45) is 0 Å². The molecule has 0 radical (unpaired) electrons. The van der Waals surface area contributed by atoms with E-state index in [-0.39, 0.29) is 11.5 Å².